The van der Waals surface area contributed by atoms with Gasteiger partial charge in [-0.05, 0) is 29.8 Å². The van der Waals surface area contributed by atoms with Crippen LogP contribution in [0.3, 0.4) is 0 Å². The highest BCUT2D eigenvalue weighted by atomic mass is 79.9. The molecule has 0 saturated carbocycles. The summed E-state index contributed by atoms with van der Waals surface area (Å²) in [6.45, 7) is 0. The summed E-state index contributed by atoms with van der Waals surface area (Å²) < 4.78 is 7.20. The molecule has 0 aliphatic heterocycles. The molecule has 19 heavy (non-hydrogen) atoms. The van der Waals surface area contributed by atoms with E-state index in [-0.39, 0.29) is 0 Å². The lowest BCUT2D eigenvalue weighted by molar-refractivity contribution is 0.179. The van der Waals surface area contributed by atoms with Gasteiger partial charge in [-0.3, -0.25) is 0 Å². The number of rotatable bonds is 4. The van der Waals surface area contributed by atoms with Crippen LogP contribution in [0.2, 0.25) is 8.67 Å². The minimum absolute atomic E-state index is 0.435. The summed E-state index contributed by atoms with van der Waals surface area (Å²) in [7, 11) is 1.61. The van der Waals surface area contributed by atoms with E-state index in [0.29, 0.717) is 20.7 Å². The number of halogens is 3. The second kappa shape index (κ2) is 6.46. The maximum Gasteiger partial charge on any atom is 0.119 e. The minimum atomic E-state index is -0.695. The van der Waals surface area contributed by atoms with Crippen LogP contribution in [0.5, 0.6) is 5.75 Å². The van der Waals surface area contributed by atoms with E-state index in [1.165, 1.54) is 11.3 Å². The number of methoxy groups -OCH3 is 1. The Morgan fingerprint density at radius 2 is 2.11 bits per heavy atom. The molecular weight excluding hydrogens is 371 g/mol. The van der Waals surface area contributed by atoms with E-state index >= 15 is 0 Å². The second-order valence-electron chi connectivity index (χ2n) is 3.96. The van der Waals surface area contributed by atoms with E-state index in [1.807, 2.05) is 18.2 Å². The normalized spacial score (nSPS) is 12.5. The van der Waals surface area contributed by atoms with Gasteiger partial charge in [-0.2, -0.15) is 0 Å². The molecule has 0 amide bonds. The molecule has 1 heterocycles. The van der Waals surface area contributed by atoms with Crippen LogP contribution in [0.25, 0.3) is 0 Å². The molecule has 0 aliphatic rings. The smallest absolute Gasteiger partial charge is 0.119 e. The predicted molar refractivity (Wildman–Crippen MR) is 83.7 cm³/mol. The van der Waals surface area contributed by atoms with Crippen molar-refractivity contribution in [2.75, 3.05) is 7.11 Å². The van der Waals surface area contributed by atoms with Crippen LogP contribution in [0, 0.1) is 0 Å². The Labute approximate surface area is 134 Å². The molecule has 1 N–H and O–H groups in total. The third-order valence-corrected chi connectivity index (χ3v) is 5.00. The van der Waals surface area contributed by atoms with Crippen LogP contribution in [0.4, 0.5) is 0 Å². The molecule has 0 aliphatic carbocycles. The average Bonchev–Trinajstić information content (AvgIpc) is 2.71. The van der Waals surface area contributed by atoms with E-state index in [0.717, 1.165) is 15.8 Å². The van der Waals surface area contributed by atoms with Gasteiger partial charge >= 0.3 is 0 Å². The van der Waals surface area contributed by atoms with Crippen molar-refractivity contribution in [3.63, 3.8) is 0 Å². The third kappa shape index (κ3) is 3.64. The summed E-state index contributed by atoms with van der Waals surface area (Å²) >= 11 is 16.6. The van der Waals surface area contributed by atoms with Crippen molar-refractivity contribution in [1.82, 2.24) is 0 Å². The van der Waals surface area contributed by atoms with Crippen LogP contribution in [-0.4, -0.2) is 12.2 Å². The van der Waals surface area contributed by atoms with Crippen LogP contribution in [0.1, 0.15) is 17.2 Å². The Bertz CT molecular complexity index is 586. The standard InChI is InChI=1S/C13H11BrCl2O2S/c1-18-8-2-3-10(14)7(4-8)5-11(17)9-6-12(15)19-13(9)16/h2-4,6,11,17H,5H2,1H3. The molecule has 6 heteroatoms. The van der Waals surface area contributed by atoms with Crippen molar-refractivity contribution in [1.29, 1.82) is 0 Å². The summed E-state index contributed by atoms with van der Waals surface area (Å²) in [6, 6.07) is 7.33. The Kier molecular flexibility index (Phi) is 5.15. The minimum Gasteiger partial charge on any atom is -0.497 e. The predicted octanol–water partition coefficient (Wildman–Crippen LogP) is 5.10. The van der Waals surface area contributed by atoms with Gasteiger partial charge in [-0.15, -0.1) is 11.3 Å². The number of thiophene rings is 1. The summed E-state index contributed by atoms with van der Waals surface area (Å²) in [6.07, 6.45) is -0.260. The monoisotopic (exact) mass is 380 g/mol. The molecule has 102 valence electrons. The van der Waals surface area contributed by atoms with Gasteiger partial charge in [0.15, 0.2) is 0 Å². The largest absolute Gasteiger partial charge is 0.497 e. The third-order valence-electron chi connectivity index (χ3n) is 2.71. The van der Waals surface area contributed by atoms with Gasteiger partial charge in [0.1, 0.15) is 10.1 Å². The molecule has 2 rings (SSSR count). The highest BCUT2D eigenvalue weighted by molar-refractivity contribution is 9.10. The Morgan fingerprint density at radius 3 is 2.68 bits per heavy atom. The highest BCUT2D eigenvalue weighted by Gasteiger charge is 2.17. The molecule has 0 saturated heterocycles. The summed E-state index contributed by atoms with van der Waals surface area (Å²) in [5.41, 5.74) is 1.61. The van der Waals surface area contributed by atoms with E-state index in [2.05, 4.69) is 15.9 Å². The van der Waals surface area contributed by atoms with Crippen molar-refractivity contribution in [2.45, 2.75) is 12.5 Å². The first-order chi connectivity index (χ1) is 9.01. The van der Waals surface area contributed by atoms with Crippen molar-refractivity contribution >= 4 is 50.5 Å². The summed E-state index contributed by atoms with van der Waals surface area (Å²) in [4.78, 5) is 0. The molecule has 2 nitrogen and oxygen atoms in total. The van der Waals surface area contributed by atoms with Crippen molar-refractivity contribution in [2.24, 2.45) is 0 Å². The Hall–Kier alpha value is -0.260. The average molecular weight is 382 g/mol. The lowest BCUT2D eigenvalue weighted by Gasteiger charge is -2.12. The van der Waals surface area contributed by atoms with Gasteiger partial charge in [0.25, 0.3) is 0 Å². The van der Waals surface area contributed by atoms with Crippen LogP contribution >= 0.6 is 50.5 Å². The molecule has 0 spiro atoms. The maximum absolute atomic E-state index is 10.3. The lowest BCUT2D eigenvalue weighted by atomic mass is 10.0. The van der Waals surface area contributed by atoms with Gasteiger partial charge in [-0.25, -0.2) is 0 Å². The number of hydrogen-bond donors (Lipinski definition) is 1. The number of benzene rings is 1. The van der Waals surface area contributed by atoms with Crippen molar-refractivity contribution in [3.05, 3.63) is 48.5 Å². The lowest BCUT2D eigenvalue weighted by Crippen LogP contribution is -2.02. The fourth-order valence-corrected chi connectivity index (χ4v) is 3.71. The topological polar surface area (TPSA) is 29.5 Å². The molecule has 1 aromatic carbocycles. The summed E-state index contributed by atoms with van der Waals surface area (Å²) in [5.74, 6) is 0.750. The fraction of sp³-hybridized carbons (Fsp3) is 0.231. The van der Waals surface area contributed by atoms with Crippen molar-refractivity contribution < 1.29 is 9.84 Å². The number of aliphatic hydroxyl groups is 1. The van der Waals surface area contributed by atoms with E-state index < -0.39 is 6.10 Å². The second-order valence-corrected chi connectivity index (χ2v) is 7.10. The molecule has 0 fully saturated rings. The first kappa shape index (κ1) is 15.1. The maximum atomic E-state index is 10.3. The molecular formula is C13H11BrCl2O2S. The Balaban J connectivity index is 2.23. The number of hydrogen-bond acceptors (Lipinski definition) is 3. The molecule has 2 aromatic rings. The van der Waals surface area contributed by atoms with Crippen LogP contribution < -0.4 is 4.74 Å². The van der Waals surface area contributed by atoms with E-state index in [4.69, 9.17) is 27.9 Å². The van der Waals surface area contributed by atoms with Crippen LogP contribution in [0.15, 0.2) is 28.7 Å². The molecule has 0 radical (unpaired) electrons. The SMILES string of the molecule is COc1ccc(Br)c(CC(O)c2cc(Cl)sc2Cl)c1. The highest BCUT2D eigenvalue weighted by Crippen LogP contribution is 2.37. The first-order valence-electron chi connectivity index (χ1n) is 5.46. The zero-order valence-electron chi connectivity index (χ0n) is 9.99. The fourth-order valence-electron chi connectivity index (χ4n) is 1.73. The van der Waals surface area contributed by atoms with Crippen LogP contribution in [-0.2, 0) is 6.42 Å². The van der Waals surface area contributed by atoms with E-state index in [9.17, 15) is 5.11 Å². The first-order valence-corrected chi connectivity index (χ1v) is 7.83. The van der Waals surface area contributed by atoms with Gasteiger partial charge in [-0.1, -0.05) is 39.1 Å². The summed E-state index contributed by atoms with van der Waals surface area (Å²) in [5, 5.41) is 10.3. The van der Waals surface area contributed by atoms with E-state index in [1.54, 1.807) is 13.2 Å². The number of aliphatic hydroxyl groups excluding tert-OH is 1. The quantitative estimate of drug-likeness (QED) is 0.797. The van der Waals surface area contributed by atoms with Crippen molar-refractivity contribution in [3.8, 4) is 5.75 Å². The zero-order chi connectivity index (χ0) is 14.0. The molecule has 0 bridgehead atoms. The molecule has 1 aromatic heterocycles. The molecule has 1 atom stereocenters. The Morgan fingerprint density at radius 1 is 1.37 bits per heavy atom. The zero-order valence-corrected chi connectivity index (χ0v) is 13.9. The van der Waals surface area contributed by atoms with Gasteiger partial charge in [0.05, 0.1) is 17.6 Å². The van der Waals surface area contributed by atoms with Gasteiger partial charge < -0.3 is 9.84 Å². The van der Waals surface area contributed by atoms with Gasteiger partial charge in [0, 0.05) is 16.5 Å². The number of ether oxygens (including phenoxy) is 1. The van der Waals surface area contributed by atoms with Gasteiger partial charge in [0.2, 0.25) is 0 Å². The molecule has 1 unspecified atom stereocenters.